The van der Waals surface area contributed by atoms with Gasteiger partial charge in [0.05, 0.1) is 12.0 Å². The average Bonchev–Trinajstić information content (AvgIpc) is 2.31. The van der Waals surface area contributed by atoms with Gasteiger partial charge in [-0.25, -0.2) is 0 Å². The largest absolute Gasteiger partial charge is 0.481 e. The summed E-state index contributed by atoms with van der Waals surface area (Å²) in [6, 6.07) is 0. The number of fused-ring (bicyclic) bond motifs is 1. The number of carboxylic acids is 1. The van der Waals surface area contributed by atoms with E-state index >= 15 is 0 Å². The molecule has 1 saturated carbocycles. The van der Waals surface area contributed by atoms with Crippen LogP contribution in [0.5, 0.6) is 0 Å². The van der Waals surface area contributed by atoms with Gasteiger partial charge in [0, 0.05) is 0 Å². The summed E-state index contributed by atoms with van der Waals surface area (Å²) in [7, 11) is 0. The fraction of sp³-hybridized carbons (Fsp3) is 0.800. The van der Waals surface area contributed by atoms with E-state index in [1.165, 1.54) is 0 Å². The quantitative estimate of drug-likeness (QED) is 0.743. The van der Waals surface area contributed by atoms with Gasteiger partial charge in [-0.3, -0.25) is 4.79 Å². The van der Waals surface area contributed by atoms with Crippen molar-refractivity contribution < 1.29 is 15.0 Å². The van der Waals surface area contributed by atoms with E-state index in [4.69, 9.17) is 0 Å². The van der Waals surface area contributed by atoms with Crippen molar-refractivity contribution in [3.8, 4) is 0 Å². The first kappa shape index (κ1) is 13.6. The van der Waals surface area contributed by atoms with Crippen LogP contribution in [0.1, 0.15) is 40.0 Å². The highest BCUT2D eigenvalue weighted by Gasteiger charge is 2.43. The summed E-state index contributed by atoms with van der Waals surface area (Å²) >= 11 is 0. The van der Waals surface area contributed by atoms with Crippen molar-refractivity contribution in [2.45, 2.75) is 46.1 Å². The Labute approximate surface area is 109 Å². The highest BCUT2D eigenvalue weighted by atomic mass is 16.4. The molecule has 0 spiro atoms. The van der Waals surface area contributed by atoms with Crippen molar-refractivity contribution in [2.75, 3.05) is 0 Å². The molecule has 0 aromatic carbocycles. The Balaban J connectivity index is 2.26. The third kappa shape index (κ3) is 2.33. The Morgan fingerprint density at radius 2 is 2.11 bits per heavy atom. The predicted molar refractivity (Wildman–Crippen MR) is 70.0 cm³/mol. The molecular weight excluding hydrogens is 228 g/mol. The molecule has 18 heavy (non-hydrogen) atoms. The highest BCUT2D eigenvalue weighted by molar-refractivity contribution is 5.70. The number of allylic oxidation sites excluding steroid dienone is 1. The topological polar surface area (TPSA) is 57.5 Å². The maximum Gasteiger partial charge on any atom is 0.306 e. The van der Waals surface area contributed by atoms with Gasteiger partial charge < -0.3 is 10.2 Å². The van der Waals surface area contributed by atoms with Crippen LogP contribution in [-0.4, -0.2) is 22.3 Å². The first-order valence-electron chi connectivity index (χ1n) is 7.01. The summed E-state index contributed by atoms with van der Waals surface area (Å²) in [5.41, 5.74) is 1.02. The van der Waals surface area contributed by atoms with Crippen LogP contribution < -0.4 is 0 Å². The van der Waals surface area contributed by atoms with Gasteiger partial charge in [-0.15, -0.1) is 0 Å². The van der Waals surface area contributed by atoms with E-state index in [9.17, 15) is 15.0 Å². The zero-order chi connectivity index (χ0) is 13.4. The SMILES string of the molecule is CC1=CC2C(C[C@H]1O)[C@H](C)CCC2[C@@H](C)C(=O)O. The van der Waals surface area contributed by atoms with Crippen molar-refractivity contribution in [2.24, 2.45) is 29.6 Å². The number of rotatable bonds is 2. The number of hydrogen-bond donors (Lipinski definition) is 2. The molecule has 102 valence electrons. The molecule has 0 aromatic heterocycles. The number of aliphatic carboxylic acids is 1. The molecule has 6 atom stereocenters. The van der Waals surface area contributed by atoms with Crippen LogP contribution in [0.4, 0.5) is 0 Å². The lowest BCUT2D eigenvalue weighted by atomic mass is 9.59. The zero-order valence-corrected chi connectivity index (χ0v) is 11.5. The van der Waals surface area contributed by atoms with E-state index in [1.807, 2.05) is 13.8 Å². The van der Waals surface area contributed by atoms with Crippen LogP contribution >= 0.6 is 0 Å². The van der Waals surface area contributed by atoms with Crippen molar-refractivity contribution in [1.82, 2.24) is 0 Å². The molecule has 0 aliphatic heterocycles. The molecular formula is C15H24O3. The molecule has 3 unspecified atom stereocenters. The summed E-state index contributed by atoms with van der Waals surface area (Å²) in [6.45, 7) is 6.03. The molecule has 3 nitrogen and oxygen atoms in total. The number of aliphatic hydroxyl groups excluding tert-OH is 1. The maximum absolute atomic E-state index is 11.2. The average molecular weight is 252 g/mol. The van der Waals surface area contributed by atoms with Crippen LogP contribution in [0.2, 0.25) is 0 Å². The highest BCUT2D eigenvalue weighted by Crippen LogP contribution is 2.47. The van der Waals surface area contributed by atoms with Crippen molar-refractivity contribution in [3.05, 3.63) is 11.6 Å². The van der Waals surface area contributed by atoms with E-state index in [-0.39, 0.29) is 17.9 Å². The van der Waals surface area contributed by atoms with E-state index < -0.39 is 5.97 Å². The van der Waals surface area contributed by atoms with E-state index in [2.05, 4.69) is 13.0 Å². The molecule has 0 heterocycles. The Morgan fingerprint density at radius 1 is 1.44 bits per heavy atom. The normalized spacial score (nSPS) is 41.8. The van der Waals surface area contributed by atoms with Gasteiger partial charge >= 0.3 is 5.97 Å². The summed E-state index contributed by atoms with van der Waals surface area (Å²) in [5, 5.41) is 19.2. The van der Waals surface area contributed by atoms with Crippen molar-refractivity contribution in [1.29, 1.82) is 0 Å². The Morgan fingerprint density at radius 3 is 2.72 bits per heavy atom. The number of aliphatic hydroxyl groups is 1. The molecule has 0 amide bonds. The first-order chi connectivity index (χ1) is 8.41. The summed E-state index contributed by atoms with van der Waals surface area (Å²) < 4.78 is 0. The van der Waals surface area contributed by atoms with Crippen LogP contribution in [-0.2, 0) is 4.79 Å². The predicted octanol–water partition coefficient (Wildman–Crippen LogP) is 2.70. The third-order valence-corrected chi connectivity index (χ3v) is 5.18. The Hall–Kier alpha value is -0.830. The van der Waals surface area contributed by atoms with Gasteiger partial charge in [-0.05, 0) is 49.0 Å². The Kier molecular flexibility index (Phi) is 3.81. The zero-order valence-electron chi connectivity index (χ0n) is 11.5. The van der Waals surface area contributed by atoms with E-state index in [0.29, 0.717) is 17.8 Å². The van der Waals surface area contributed by atoms with Gasteiger partial charge in [-0.1, -0.05) is 26.3 Å². The Bertz CT molecular complexity index is 361. The van der Waals surface area contributed by atoms with Crippen molar-refractivity contribution >= 4 is 5.97 Å². The standard InChI is InChI=1S/C15H24O3/c1-8-4-5-11(10(3)15(17)18)13-6-9(2)14(16)7-12(8)13/h6,8,10-14,16H,4-5,7H2,1-3H3,(H,17,18)/t8-,10-,11?,12?,13?,14-/m1/s1. The monoisotopic (exact) mass is 252 g/mol. The lowest BCUT2D eigenvalue weighted by Gasteiger charge is -2.46. The minimum absolute atomic E-state index is 0.228. The summed E-state index contributed by atoms with van der Waals surface area (Å²) in [5.74, 6) is 0.625. The molecule has 0 aromatic rings. The fourth-order valence-electron chi connectivity index (χ4n) is 3.82. The fourth-order valence-corrected chi connectivity index (χ4v) is 3.82. The molecule has 0 radical (unpaired) electrons. The molecule has 2 rings (SSSR count). The lowest BCUT2D eigenvalue weighted by Crippen LogP contribution is -2.42. The van der Waals surface area contributed by atoms with E-state index in [0.717, 1.165) is 24.8 Å². The van der Waals surface area contributed by atoms with Gasteiger partial charge in [0.15, 0.2) is 0 Å². The molecule has 2 aliphatic rings. The van der Waals surface area contributed by atoms with Gasteiger partial charge in [0.25, 0.3) is 0 Å². The minimum atomic E-state index is -0.689. The molecule has 1 fully saturated rings. The van der Waals surface area contributed by atoms with Crippen LogP contribution in [0, 0.1) is 29.6 Å². The number of carboxylic acid groups (broad SMARTS) is 1. The maximum atomic E-state index is 11.2. The van der Waals surface area contributed by atoms with Crippen LogP contribution in [0.3, 0.4) is 0 Å². The molecule has 0 saturated heterocycles. The summed E-state index contributed by atoms with van der Waals surface area (Å²) in [6.07, 6.45) is 4.71. The molecule has 0 bridgehead atoms. The molecule has 3 heteroatoms. The van der Waals surface area contributed by atoms with Gasteiger partial charge in [-0.2, -0.15) is 0 Å². The lowest BCUT2D eigenvalue weighted by molar-refractivity contribution is -0.144. The summed E-state index contributed by atoms with van der Waals surface area (Å²) in [4.78, 5) is 11.2. The molecule has 2 N–H and O–H groups in total. The number of hydrogen-bond acceptors (Lipinski definition) is 2. The second-order valence-electron chi connectivity index (χ2n) is 6.25. The first-order valence-corrected chi connectivity index (χ1v) is 7.01. The third-order valence-electron chi connectivity index (χ3n) is 5.18. The van der Waals surface area contributed by atoms with E-state index in [1.54, 1.807) is 0 Å². The van der Waals surface area contributed by atoms with Gasteiger partial charge in [0.1, 0.15) is 0 Å². The van der Waals surface area contributed by atoms with Crippen LogP contribution in [0.25, 0.3) is 0 Å². The second kappa shape index (κ2) is 5.04. The van der Waals surface area contributed by atoms with Crippen molar-refractivity contribution in [3.63, 3.8) is 0 Å². The molecule has 2 aliphatic carbocycles. The smallest absolute Gasteiger partial charge is 0.306 e. The number of carbonyl (C=O) groups is 1. The minimum Gasteiger partial charge on any atom is -0.481 e. The second-order valence-corrected chi connectivity index (χ2v) is 6.25. The van der Waals surface area contributed by atoms with Crippen LogP contribution in [0.15, 0.2) is 11.6 Å². The van der Waals surface area contributed by atoms with Gasteiger partial charge in [0.2, 0.25) is 0 Å².